The molecule has 22 heavy (non-hydrogen) atoms. The van der Waals surface area contributed by atoms with E-state index in [1.54, 1.807) is 12.3 Å². The molecule has 3 nitrogen and oxygen atoms in total. The van der Waals surface area contributed by atoms with Crippen molar-refractivity contribution in [3.05, 3.63) is 64.6 Å². The maximum absolute atomic E-state index is 12.8. The number of carbonyl (C=O) groups is 1. The molecule has 0 fully saturated rings. The Bertz CT molecular complexity index is 840. The third-order valence-corrected chi connectivity index (χ3v) is 3.82. The largest absolute Gasteiger partial charge is 0.464 e. The van der Waals surface area contributed by atoms with Crippen molar-refractivity contribution in [3.8, 4) is 0 Å². The van der Waals surface area contributed by atoms with Crippen molar-refractivity contribution in [2.24, 2.45) is 0 Å². The van der Waals surface area contributed by atoms with Crippen LogP contribution in [-0.4, -0.2) is 5.91 Å². The molecule has 0 unspecified atom stereocenters. The number of rotatable bonds is 3. The summed E-state index contributed by atoms with van der Waals surface area (Å²) in [6, 6.07) is 9.27. The van der Waals surface area contributed by atoms with Crippen LogP contribution in [0.1, 0.15) is 11.1 Å². The SMILES string of the molecule is Cc1cc2occ(CC(=O)Nc3ccc(F)cc3)c2cc1Cl. The fourth-order valence-corrected chi connectivity index (χ4v) is 2.41. The first-order valence-electron chi connectivity index (χ1n) is 6.74. The van der Waals surface area contributed by atoms with E-state index in [0.29, 0.717) is 16.3 Å². The van der Waals surface area contributed by atoms with E-state index >= 15 is 0 Å². The summed E-state index contributed by atoms with van der Waals surface area (Å²) < 4.78 is 18.3. The Hall–Kier alpha value is -2.33. The minimum absolute atomic E-state index is 0.157. The molecule has 3 rings (SSSR count). The van der Waals surface area contributed by atoms with Gasteiger partial charge in [0, 0.05) is 21.7 Å². The summed E-state index contributed by atoms with van der Waals surface area (Å²) >= 11 is 6.12. The maximum atomic E-state index is 12.8. The predicted octanol–water partition coefficient (Wildman–Crippen LogP) is 4.71. The van der Waals surface area contributed by atoms with Crippen molar-refractivity contribution in [3.63, 3.8) is 0 Å². The molecule has 0 saturated carbocycles. The second kappa shape index (κ2) is 5.81. The van der Waals surface area contributed by atoms with Crippen molar-refractivity contribution in [1.82, 2.24) is 0 Å². The molecule has 0 atom stereocenters. The lowest BCUT2D eigenvalue weighted by Gasteiger charge is -2.04. The van der Waals surface area contributed by atoms with Gasteiger partial charge in [-0.15, -0.1) is 0 Å². The molecular weight excluding hydrogens is 305 g/mol. The molecule has 0 aliphatic rings. The van der Waals surface area contributed by atoms with Crippen LogP contribution in [0.2, 0.25) is 5.02 Å². The van der Waals surface area contributed by atoms with Gasteiger partial charge in [-0.2, -0.15) is 0 Å². The number of nitrogens with one attached hydrogen (secondary N) is 1. The molecule has 1 amide bonds. The van der Waals surface area contributed by atoms with Crippen LogP contribution in [0.15, 0.2) is 47.1 Å². The first-order valence-corrected chi connectivity index (χ1v) is 7.12. The van der Waals surface area contributed by atoms with Crippen LogP contribution in [0.4, 0.5) is 10.1 Å². The van der Waals surface area contributed by atoms with Gasteiger partial charge in [-0.3, -0.25) is 4.79 Å². The summed E-state index contributed by atoms with van der Waals surface area (Å²) in [7, 11) is 0. The molecule has 0 radical (unpaired) electrons. The van der Waals surface area contributed by atoms with Gasteiger partial charge in [-0.1, -0.05) is 11.6 Å². The van der Waals surface area contributed by atoms with Crippen LogP contribution in [0.5, 0.6) is 0 Å². The Morgan fingerprint density at radius 3 is 2.73 bits per heavy atom. The standard InChI is InChI=1S/C17H13ClFNO2/c1-10-6-16-14(8-15(10)18)11(9-22-16)7-17(21)20-13-4-2-12(19)3-5-13/h2-6,8-9H,7H2,1H3,(H,20,21). The molecule has 1 heterocycles. The average Bonchev–Trinajstić information content (AvgIpc) is 2.84. The van der Waals surface area contributed by atoms with Gasteiger partial charge in [0.25, 0.3) is 0 Å². The first kappa shape index (κ1) is 14.6. The highest BCUT2D eigenvalue weighted by molar-refractivity contribution is 6.32. The number of amides is 1. The third kappa shape index (κ3) is 2.97. The second-order valence-electron chi connectivity index (χ2n) is 5.09. The van der Waals surface area contributed by atoms with E-state index in [1.165, 1.54) is 24.3 Å². The summed E-state index contributed by atoms with van der Waals surface area (Å²) in [6.45, 7) is 1.89. The minimum Gasteiger partial charge on any atom is -0.464 e. The number of aryl methyl sites for hydroxylation is 1. The summed E-state index contributed by atoms with van der Waals surface area (Å²) in [5.41, 5.74) is 2.93. The second-order valence-corrected chi connectivity index (χ2v) is 5.50. The topological polar surface area (TPSA) is 42.2 Å². The highest BCUT2D eigenvalue weighted by atomic mass is 35.5. The van der Waals surface area contributed by atoms with Gasteiger partial charge in [0.1, 0.15) is 11.4 Å². The van der Waals surface area contributed by atoms with E-state index in [-0.39, 0.29) is 18.1 Å². The van der Waals surface area contributed by atoms with Crippen LogP contribution >= 0.6 is 11.6 Å². The van der Waals surface area contributed by atoms with Gasteiger partial charge >= 0.3 is 0 Å². The molecule has 2 aromatic carbocycles. The van der Waals surface area contributed by atoms with Gasteiger partial charge in [-0.05, 0) is 48.9 Å². The van der Waals surface area contributed by atoms with Gasteiger partial charge < -0.3 is 9.73 Å². The van der Waals surface area contributed by atoms with Crippen molar-refractivity contribution < 1.29 is 13.6 Å². The highest BCUT2D eigenvalue weighted by Gasteiger charge is 2.12. The lowest BCUT2D eigenvalue weighted by Crippen LogP contribution is -2.14. The van der Waals surface area contributed by atoms with E-state index < -0.39 is 0 Å². The van der Waals surface area contributed by atoms with Crippen LogP contribution in [0.25, 0.3) is 11.0 Å². The molecule has 0 spiro atoms. The third-order valence-electron chi connectivity index (χ3n) is 3.41. The number of hydrogen-bond donors (Lipinski definition) is 1. The molecule has 3 aromatic rings. The Morgan fingerprint density at radius 1 is 1.27 bits per heavy atom. The summed E-state index contributed by atoms with van der Waals surface area (Å²) in [6.07, 6.45) is 1.72. The predicted molar refractivity (Wildman–Crippen MR) is 84.7 cm³/mol. The smallest absolute Gasteiger partial charge is 0.228 e. The van der Waals surface area contributed by atoms with Crippen LogP contribution < -0.4 is 5.32 Å². The summed E-state index contributed by atoms with van der Waals surface area (Å²) in [5.74, 6) is -0.546. The molecule has 0 bridgehead atoms. The zero-order valence-corrected chi connectivity index (χ0v) is 12.6. The lowest BCUT2D eigenvalue weighted by molar-refractivity contribution is -0.115. The van der Waals surface area contributed by atoms with Crippen LogP contribution in [0.3, 0.4) is 0 Å². The molecule has 0 saturated heterocycles. The van der Waals surface area contributed by atoms with Crippen LogP contribution in [-0.2, 0) is 11.2 Å². The number of benzene rings is 2. The molecule has 1 N–H and O–H groups in total. The molecule has 0 aliphatic carbocycles. The van der Waals surface area contributed by atoms with E-state index in [2.05, 4.69) is 5.32 Å². The zero-order chi connectivity index (χ0) is 15.7. The number of fused-ring (bicyclic) bond motifs is 1. The Balaban J connectivity index is 1.79. The fraction of sp³-hybridized carbons (Fsp3) is 0.118. The quantitative estimate of drug-likeness (QED) is 0.759. The Labute approximate surface area is 131 Å². The lowest BCUT2D eigenvalue weighted by atomic mass is 10.1. The van der Waals surface area contributed by atoms with E-state index in [9.17, 15) is 9.18 Å². The zero-order valence-electron chi connectivity index (χ0n) is 11.8. The molecule has 112 valence electrons. The van der Waals surface area contributed by atoms with Gasteiger partial charge in [-0.25, -0.2) is 4.39 Å². The van der Waals surface area contributed by atoms with Crippen molar-refractivity contribution in [2.75, 3.05) is 5.32 Å². The maximum Gasteiger partial charge on any atom is 0.228 e. The molecule has 5 heteroatoms. The van der Waals surface area contributed by atoms with Gasteiger partial charge in [0.2, 0.25) is 5.91 Å². The van der Waals surface area contributed by atoms with E-state index in [4.69, 9.17) is 16.0 Å². The van der Waals surface area contributed by atoms with Gasteiger partial charge in [0.15, 0.2) is 0 Å². The average molecular weight is 318 g/mol. The van der Waals surface area contributed by atoms with E-state index in [1.807, 2.05) is 13.0 Å². The fourth-order valence-electron chi connectivity index (χ4n) is 2.25. The first-order chi connectivity index (χ1) is 10.5. The molecule has 1 aromatic heterocycles. The molecule has 0 aliphatic heterocycles. The normalized spacial score (nSPS) is 10.9. The Kier molecular flexibility index (Phi) is 3.86. The van der Waals surface area contributed by atoms with Crippen molar-refractivity contribution >= 4 is 34.2 Å². The number of anilines is 1. The highest BCUT2D eigenvalue weighted by Crippen LogP contribution is 2.28. The number of halogens is 2. The number of carbonyl (C=O) groups excluding carboxylic acids is 1. The summed E-state index contributed by atoms with van der Waals surface area (Å²) in [5, 5.41) is 4.18. The summed E-state index contributed by atoms with van der Waals surface area (Å²) in [4.78, 5) is 12.1. The van der Waals surface area contributed by atoms with Crippen molar-refractivity contribution in [1.29, 1.82) is 0 Å². The Morgan fingerprint density at radius 2 is 2.00 bits per heavy atom. The number of furan rings is 1. The molecular formula is C17H13ClFNO2. The van der Waals surface area contributed by atoms with Gasteiger partial charge in [0.05, 0.1) is 12.7 Å². The van der Waals surface area contributed by atoms with Crippen LogP contribution in [0, 0.1) is 12.7 Å². The minimum atomic E-state index is -0.344. The van der Waals surface area contributed by atoms with Crippen molar-refractivity contribution in [2.45, 2.75) is 13.3 Å². The van der Waals surface area contributed by atoms with E-state index in [0.717, 1.165) is 16.5 Å². The number of hydrogen-bond acceptors (Lipinski definition) is 2. The monoisotopic (exact) mass is 317 g/mol.